The van der Waals surface area contributed by atoms with Crippen molar-refractivity contribution < 1.29 is 33.0 Å². The van der Waals surface area contributed by atoms with Gasteiger partial charge in [0.2, 0.25) is 11.8 Å². The van der Waals surface area contributed by atoms with Crippen molar-refractivity contribution in [2.75, 3.05) is 39.6 Å². The van der Waals surface area contributed by atoms with Crippen LogP contribution in [0.5, 0.6) is 11.5 Å². The van der Waals surface area contributed by atoms with Gasteiger partial charge < -0.3 is 28.7 Å². The Balaban J connectivity index is 0.907. The van der Waals surface area contributed by atoms with Gasteiger partial charge in [-0.2, -0.15) is 5.10 Å². The Kier molecular flexibility index (Phi) is 15.3. The number of aromatic nitrogens is 4. The number of oxazole rings is 1. The fourth-order valence-corrected chi connectivity index (χ4v) is 5.76. The van der Waals surface area contributed by atoms with Crippen LogP contribution in [0.2, 0.25) is 0 Å². The van der Waals surface area contributed by atoms with Gasteiger partial charge in [0.15, 0.2) is 5.58 Å². The quantitative estimate of drug-likeness (QED) is 0.0816. The van der Waals surface area contributed by atoms with E-state index in [2.05, 4.69) is 46.4 Å². The van der Waals surface area contributed by atoms with Crippen molar-refractivity contribution in [1.29, 1.82) is 0 Å². The SMILES string of the molecule is CC(C)C[C@H](CC(=O)CCCc1ccccc1)C(=O)NCCOCCOCCOc1ccc(COc2ccc3oc(-c4ccc(=O)n(C)n4)nc3c2)nc1. The molecule has 0 spiro atoms. The van der Waals surface area contributed by atoms with Crippen LogP contribution in [0, 0.1) is 11.8 Å². The first-order valence-electron chi connectivity index (χ1n) is 18.4. The summed E-state index contributed by atoms with van der Waals surface area (Å²) in [5, 5.41) is 7.12. The van der Waals surface area contributed by atoms with Crippen LogP contribution in [-0.4, -0.2) is 71.0 Å². The zero-order valence-corrected chi connectivity index (χ0v) is 31.2. The van der Waals surface area contributed by atoms with Crippen LogP contribution in [-0.2, 0) is 39.1 Å². The van der Waals surface area contributed by atoms with Crippen molar-refractivity contribution in [3.8, 4) is 23.1 Å². The molecule has 0 bridgehead atoms. The number of benzene rings is 2. The summed E-state index contributed by atoms with van der Waals surface area (Å²) in [6.45, 7) is 6.63. The van der Waals surface area contributed by atoms with Gasteiger partial charge in [-0.05, 0) is 61.1 Å². The van der Waals surface area contributed by atoms with Gasteiger partial charge in [0.05, 0.1) is 38.3 Å². The number of carbonyl (C=O) groups excluding carboxylic acids is 2. The molecule has 286 valence electrons. The Bertz CT molecular complexity index is 1980. The van der Waals surface area contributed by atoms with E-state index in [4.69, 9.17) is 23.4 Å². The molecule has 5 aromatic rings. The van der Waals surface area contributed by atoms with Crippen LogP contribution < -0.4 is 20.3 Å². The summed E-state index contributed by atoms with van der Waals surface area (Å²) >= 11 is 0. The average molecular weight is 740 g/mol. The monoisotopic (exact) mass is 739 g/mol. The lowest BCUT2D eigenvalue weighted by Gasteiger charge is -2.18. The molecule has 1 N–H and O–H groups in total. The molecule has 13 heteroatoms. The number of aryl methyl sites for hydroxylation is 2. The van der Waals surface area contributed by atoms with E-state index in [1.165, 1.54) is 16.3 Å². The number of hydrogen-bond donors (Lipinski definition) is 1. The number of Topliss-reactive ketones (excluding diaryl/α,β-unsaturated/α-hetero) is 1. The van der Waals surface area contributed by atoms with Gasteiger partial charge in [-0.1, -0.05) is 44.2 Å². The van der Waals surface area contributed by atoms with Crippen LogP contribution in [0.25, 0.3) is 22.7 Å². The van der Waals surface area contributed by atoms with Crippen LogP contribution in [0.1, 0.15) is 50.8 Å². The number of rotatable bonds is 23. The van der Waals surface area contributed by atoms with Crippen molar-refractivity contribution in [3.05, 3.63) is 101 Å². The molecule has 0 fully saturated rings. The van der Waals surface area contributed by atoms with E-state index in [9.17, 15) is 14.4 Å². The highest BCUT2D eigenvalue weighted by atomic mass is 16.5. The zero-order valence-electron chi connectivity index (χ0n) is 31.2. The summed E-state index contributed by atoms with van der Waals surface area (Å²) in [5.74, 6) is 1.56. The molecule has 1 atom stereocenters. The Hall–Kier alpha value is -5.40. The minimum absolute atomic E-state index is 0.0926. The molecular formula is C41H49N5O8. The lowest BCUT2D eigenvalue weighted by Crippen LogP contribution is -2.35. The van der Waals surface area contributed by atoms with Crippen molar-refractivity contribution >= 4 is 22.8 Å². The number of nitrogens with zero attached hydrogens (tertiary/aromatic N) is 4. The van der Waals surface area contributed by atoms with E-state index in [1.807, 2.05) is 30.3 Å². The maximum atomic E-state index is 12.9. The minimum atomic E-state index is -0.326. The molecule has 0 radical (unpaired) electrons. The number of hydrogen-bond acceptors (Lipinski definition) is 11. The fourth-order valence-electron chi connectivity index (χ4n) is 5.76. The smallest absolute Gasteiger partial charge is 0.266 e. The second kappa shape index (κ2) is 20.7. The molecule has 0 saturated heterocycles. The second-order valence-electron chi connectivity index (χ2n) is 13.4. The summed E-state index contributed by atoms with van der Waals surface area (Å²) in [6.07, 6.45) is 4.72. The standard InChI is InChI=1S/C41H49N5O8/c1-29(2)24-31(25-33(47)11-7-10-30-8-5-4-6-9-30)40(49)42-18-19-50-20-21-51-22-23-52-35-13-12-32(43-27-35)28-53-34-14-16-38-37(26-34)44-41(54-38)36-15-17-39(48)46(3)45-36/h4-6,8-9,12-17,26-27,29,31H,7,10-11,18-25,28H2,1-3H3,(H,42,49)/t31-/m1/s1. The molecule has 1 amide bonds. The maximum Gasteiger partial charge on any atom is 0.266 e. The third kappa shape index (κ3) is 12.9. The molecule has 5 rings (SSSR count). The molecular weight excluding hydrogens is 690 g/mol. The number of fused-ring (bicyclic) bond motifs is 1. The largest absolute Gasteiger partial charge is 0.490 e. The second-order valence-corrected chi connectivity index (χ2v) is 13.4. The lowest BCUT2D eigenvalue weighted by atomic mass is 9.90. The topological polar surface area (TPSA) is 157 Å². The summed E-state index contributed by atoms with van der Waals surface area (Å²) in [6, 6.07) is 22.1. The maximum absolute atomic E-state index is 12.9. The summed E-state index contributed by atoms with van der Waals surface area (Å²) < 4.78 is 29.9. The van der Waals surface area contributed by atoms with Crippen molar-refractivity contribution in [2.24, 2.45) is 18.9 Å². The van der Waals surface area contributed by atoms with Crippen molar-refractivity contribution in [3.63, 3.8) is 0 Å². The molecule has 3 aromatic heterocycles. The number of nitrogens with one attached hydrogen (secondary N) is 1. The van der Waals surface area contributed by atoms with Crippen molar-refractivity contribution in [1.82, 2.24) is 25.1 Å². The molecule has 0 saturated carbocycles. The number of pyridine rings is 1. The predicted octanol–water partition coefficient (Wildman–Crippen LogP) is 5.74. The average Bonchev–Trinajstić information content (AvgIpc) is 3.60. The Labute approximate surface area is 315 Å². The first-order chi connectivity index (χ1) is 26.2. The summed E-state index contributed by atoms with van der Waals surface area (Å²) in [7, 11) is 1.57. The van der Waals surface area contributed by atoms with Crippen molar-refractivity contribution in [2.45, 2.75) is 52.6 Å². The normalized spacial score (nSPS) is 11.9. The van der Waals surface area contributed by atoms with E-state index in [1.54, 1.807) is 37.5 Å². The Morgan fingerprint density at radius 3 is 2.43 bits per heavy atom. The Morgan fingerprint density at radius 2 is 1.67 bits per heavy atom. The van der Waals surface area contributed by atoms with E-state index in [-0.39, 0.29) is 36.2 Å². The molecule has 2 aromatic carbocycles. The first-order valence-corrected chi connectivity index (χ1v) is 18.4. The van der Waals surface area contributed by atoms with Crippen LogP contribution in [0.3, 0.4) is 0 Å². The summed E-state index contributed by atoms with van der Waals surface area (Å²) in [5.41, 5.74) is 3.37. The Morgan fingerprint density at radius 1 is 0.889 bits per heavy atom. The molecule has 54 heavy (non-hydrogen) atoms. The van der Waals surface area contributed by atoms with Gasteiger partial charge >= 0.3 is 0 Å². The lowest BCUT2D eigenvalue weighted by molar-refractivity contribution is -0.130. The van der Waals surface area contributed by atoms with Gasteiger partial charge in [-0.15, -0.1) is 0 Å². The third-order valence-electron chi connectivity index (χ3n) is 8.50. The number of ketones is 1. The minimum Gasteiger partial charge on any atom is -0.490 e. The van der Waals surface area contributed by atoms with E-state index >= 15 is 0 Å². The van der Waals surface area contributed by atoms with E-state index in [0.717, 1.165) is 18.5 Å². The molecule has 0 aliphatic carbocycles. The van der Waals surface area contributed by atoms with E-state index < -0.39 is 0 Å². The number of carbonyl (C=O) groups is 2. The van der Waals surface area contributed by atoms with Crippen LogP contribution >= 0.6 is 0 Å². The van der Waals surface area contributed by atoms with E-state index in [0.29, 0.717) is 92.5 Å². The summed E-state index contributed by atoms with van der Waals surface area (Å²) in [4.78, 5) is 46.0. The molecule has 0 unspecified atom stereocenters. The van der Waals surface area contributed by atoms with Crippen LogP contribution in [0.4, 0.5) is 0 Å². The molecule has 0 aliphatic heterocycles. The molecule has 13 nitrogen and oxygen atoms in total. The van der Waals surface area contributed by atoms with Gasteiger partial charge in [-0.25, -0.2) is 9.67 Å². The predicted molar refractivity (Wildman–Crippen MR) is 203 cm³/mol. The highest BCUT2D eigenvalue weighted by molar-refractivity contribution is 5.86. The fraction of sp³-hybridized carbons (Fsp3) is 0.415. The van der Waals surface area contributed by atoms with Gasteiger partial charge in [0.1, 0.15) is 41.7 Å². The first kappa shape index (κ1) is 39.8. The highest BCUT2D eigenvalue weighted by Crippen LogP contribution is 2.26. The zero-order chi connectivity index (χ0) is 38.1. The van der Waals surface area contributed by atoms with Gasteiger partial charge in [0, 0.05) is 44.5 Å². The van der Waals surface area contributed by atoms with Gasteiger partial charge in [0.25, 0.3) is 5.56 Å². The van der Waals surface area contributed by atoms with Crippen LogP contribution in [0.15, 0.2) is 88.2 Å². The number of ether oxygens (including phenoxy) is 4. The third-order valence-corrected chi connectivity index (χ3v) is 8.50. The highest BCUT2D eigenvalue weighted by Gasteiger charge is 2.22. The number of amides is 1. The molecule has 3 heterocycles. The molecule has 0 aliphatic rings. The van der Waals surface area contributed by atoms with Gasteiger partial charge in [-0.3, -0.25) is 19.4 Å².